The maximum absolute atomic E-state index is 12.3. The van der Waals surface area contributed by atoms with Crippen molar-refractivity contribution in [2.24, 2.45) is 12.8 Å². The summed E-state index contributed by atoms with van der Waals surface area (Å²) in [6, 6.07) is -1.13. The van der Waals surface area contributed by atoms with Gasteiger partial charge in [-0.1, -0.05) is 0 Å². The summed E-state index contributed by atoms with van der Waals surface area (Å²) in [5.41, 5.74) is 6.55. The van der Waals surface area contributed by atoms with Crippen LogP contribution < -0.4 is 5.73 Å². The van der Waals surface area contributed by atoms with E-state index in [2.05, 4.69) is 5.10 Å². The topological polar surface area (TPSA) is 98.3 Å². The van der Waals surface area contributed by atoms with Crippen LogP contribution in [0.1, 0.15) is 18.5 Å². The second-order valence-corrected chi connectivity index (χ2v) is 7.15. The van der Waals surface area contributed by atoms with Crippen molar-refractivity contribution in [1.29, 1.82) is 0 Å². The molecule has 1 aromatic heterocycles. The van der Waals surface area contributed by atoms with Crippen LogP contribution >= 0.6 is 0 Å². The first-order valence-corrected chi connectivity index (χ1v) is 7.87. The van der Waals surface area contributed by atoms with E-state index in [-0.39, 0.29) is 30.0 Å². The van der Waals surface area contributed by atoms with Crippen molar-refractivity contribution in [3.63, 3.8) is 0 Å². The number of nitrogens with two attached hydrogens (primary N) is 1. The molecule has 1 aromatic rings. The molecule has 0 aliphatic carbocycles. The van der Waals surface area contributed by atoms with Crippen LogP contribution in [-0.4, -0.2) is 53.1 Å². The van der Waals surface area contributed by atoms with Gasteiger partial charge in [-0.25, -0.2) is 8.42 Å². The molecule has 0 aromatic carbocycles. The Balaban J connectivity index is 2.12. The van der Waals surface area contributed by atoms with Gasteiger partial charge in [-0.15, -0.1) is 0 Å². The van der Waals surface area contributed by atoms with Gasteiger partial charge in [0.05, 0.1) is 17.7 Å². The number of aryl methyl sites for hydroxylation is 1. The number of sulfone groups is 1. The highest BCUT2D eigenvalue weighted by atomic mass is 32.2. The van der Waals surface area contributed by atoms with E-state index in [0.29, 0.717) is 5.56 Å². The third-order valence-corrected chi connectivity index (χ3v) is 5.10. The number of carbonyl (C=O) groups excluding carboxylic acids is 1. The van der Waals surface area contributed by atoms with Gasteiger partial charge in [0.1, 0.15) is 6.04 Å². The molecule has 1 fully saturated rings. The number of rotatable bonds is 2. The second kappa shape index (κ2) is 4.93. The third kappa shape index (κ3) is 2.95. The Kier molecular flexibility index (Phi) is 3.64. The summed E-state index contributed by atoms with van der Waals surface area (Å²) in [7, 11) is -1.29. The van der Waals surface area contributed by atoms with Crippen molar-refractivity contribution in [3.8, 4) is 0 Å². The van der Waals surface area contributed by atoms with Gasteiger partial charge in [0.25, 0.3) is 0 Å². The van der Waals surface area contributed by atoms with Crippen LogP contribution in [0.5, 0.6) is 0 Å². The highest BCUT2D eigenvalue weighted by Gasteiger charge is 2.34. The molecule has 1 amide bonds. The molecule has 0 bridgehead atoms. The van der Waals surface area contributed by atoms with E-state index in [4.69, 9.17) is 5.73 Å². The van der Waals surface area contributed by atoms with Gasteiger partial charge < -0.3 is 10.6 Å². The molecule has 2 unspecified atom stereocenters. The molecule has 2 N–H and O–H groups in total. The van der Waals surface area contributed by atoms with E-state index in [9.17, 15) is 13.2 Å². The van der Waals surface area contributed by atoms with Crippen LogP contribution in [0.3, 0.4) is 0 Å². The molecule has 1 aliphatic rings. The average molecular weight is 286 g/mol. The lowest BCUT2D eigenvalue weighted by Crippen LogP contribution is -2.52. The molecule has 1 saturated heterocycles. The minimum Gasteiger partial charge on any atom is -0.336 e. The van der Waals surface area contributed by atoms with E-state index in [1.165, 1.54) is 0 Å². The molecule has 8 heteroatoms. The van der Waals surface area contributed by atoms with Gasteiger partial charge in [0.2, 0.25) is 5.91 Å². The molecule has 1 aliphatic heterocycles. The molecule has 2 rings (SSSR count). The van der Waals surface area contributed by atoms with Crippen LogP contribution in [-0.2, 0) is 21.7 Å². The van der Waals surface area contributed by atoms with Crippen molar-refractivity contribution >= 4 is 15.7 Å². The summed E-state index contributed by atoms with van der Waals surface area (Å²) in [5.74, 6) is -0.253. The fourth-order valence-corrected chi connectivity index (χ4v) is 3.80. The fourth-order valence-electron chi connectivity index (χ4n) is 2.25. The Morgan fingerprint density at radius 2 is 2.26 bits per heavy atom. The maximum atomic E-state index is 12.3. The van der Waals surface area contributed by atoms with Crippen LogP contribution in [0.15, 0.2) is 12.4 Å². The Hall–Kier alpha value is -1.41. The zero-order chi connectivity index (χ0) is 14.2. The van der Waals surface area contributed by atoms with Crippen LogP contribution in [0.4, 0.5) is 0 Å². The first-order chi connectivity index (χ1) is 8.80. The van der Waals surface area contributed by atoms with Crippen molar-refractivity contribution < 1.29 is 13.2 Å². The number of nitrogens with zero attached hydrogens (tertiary/aromatic N) is 3. The summed E-state index contributed by atoms with van der Waals surface area (Å²) >= 11 is 0. The number of aromatic nitrogens is 2. The molecule has 2 heterocycles. The number of amides is 1. The Morgan fingerprint density at radius 3 is 2.79 bits per heavy atom. The molecule has 0 radical (unpaired) electrons. The van der Waals surface area contributed by atoms with E-state index >= 15 is 0 Å². The lowest BCUT2D eigenvalue weighted by atomic mass is 10.1. The Labute approximate surface area is 112 Å². The lowest BCUT2D eigenvalue weighted by Gasteiger charge is -2.34. The van der Waals surface area contributed by atoms with Gasteiger partial charge >= 0.3 is 0 Å². The zero-order valence-corrected chi connectivity index (χ0v) is 11.8. The minimum atomic E-state index is -3.04. The van der Waals surface area contributed by atoms with E-state index in [0.717, 1.165) is 0 Å². The highest BCUT2D eigenvalue weighted by molar-refractivity contribution is 7.91. The van der Waals surface area contributed by atoms with Crippen LogP contribution in [0, 0.1) is 0 Å². The minimum absolute atomic E-state index is 0.00149. The van der Waals surface area contributed by atoms with E-state index in [1.807, 2.05) is 0 Å². The third-order valence-electron chi connectivity index (χ3n) is 3.30. The monoisotopic (exact) mass is 286 g/mol. The van der Waals surface area contributed by atoms with Gasteiger partial charge in [-0.3, -0.25) is 9.48 Å². The summed E-state index contributed by atoms with van der Waals surface area (Å²) in [4.78, 5) is 13.8. The molecule has 7 nitrogen and oxygen atoms in total. The highest BCUT2D eigenvalue weighted by Crippen LogP contribution is 2.18. The number of hydrogen-bond acceptors (Lipinski definition) is 5. The molecule has 0 spiro atoms. The summed E-state index contributed by atoms with van der Waals surface area (Å²) in [6.07, 6.45) is 3.24. The summed E-state index contributed by atoms with van der Waals surface area (Å²) < 4.78 is 24.6. The Morgan fingerprint density at radius 1 is 1.58 bits per heavy atom. The van der Waals surface area contributed by atoms with Gasteiger partial charge in [-0.05, 0) is 6.92 Å². The van der Waals surface area contributed by atoms with E-state index < -0.39 is 15.9 Å². The second-order valence-electron chi connectivity index (χ2n) is 4.92. The molecular formula is C11H18N4O3S. The number of hydrogen-bond donors (Lipinski definition) is 1. The predicted octanol–water partition coefficient (Wildman–Crippen LogP) is -0.935. The standard InChI is InChI=1S/C11H18N4O3S/c1-8-7-19(17,18)4-3-15(8)11(16)10(12)9-5-13-14(2)6-9/h5-6,8,10H,3-4,7,12H2,1-2H3. The molecule has 19 heavy (non-hydrogen) atoms. The molecular weight excluding hydrogens is 268 g/mol. The number of carbonyl (C=O) groups is 1. The fraction of sp³-hybridized carbons (Fsp3) is 0.636. The molecule has 0 saturated carbocycles. The summed E-state index contributed by atoms with van der Waals surface area (Å²) in [6.45, 7) is 1.93. The maximum Gasteiger partial charge on any atom is 0.244 e. The van der Waals surface area contributed by atoms with E-state index in [1.54, 1.807) is 35.9 Å². The predicted molar refractivity (Wildman–Crippen MR) is 70.0 cm³/mol. The van der Waals surface area contributed by atoms with Gasteiger partial charge in [0, 0.05) is 31.4 Å². The van der Waals surface area contributed by atoms with Crippen LogP contribution in [0.2, 0.25) is 0 Å². The average Bonchev–Trinajstić information content (AvgIpc) is 2.73. The van der Waals surface area contributed by atoms with Crippen LogP contribution in [0.25, 0.3) is 0 Å². The zero-order valence-electron chi connectivity index (χ0n) is 11.0. The van der Waals surface area contributed by atoms with Crippen molar-refractivity contribution in [2.75, 3.05) is 18.1 Å². The SMILES string of the molecule is CC1CS(=O)(=O)CCN1C(=O)C(N)c1cnn(C)c1. The van der Waals surface area contributed by atoms with Gasteiger partial charge in [0.15, 0.2) is 9.84 Å². The first-order valence-electron chi connectivity index (χ1n) is 6.05. The lowest BCUT2D eigenvalue weighted by molar-refractivity contribution is -0.134. The van der Waals surface area contributed by atoms with Crippen molar-refractivity contribution in [2.45, 2.75) is 19.0 Å². The first kappa shape index (κ1) is 14.0. The van der Waals surface area contributed by atoms with Crippen molar-refractivity contribution in [1.82, 2.24) is 14.7 Å². The quantitative estimate of drug-likeness (QED) is 0.757. The largest absolute Gasteiger partial charge is 0.336 e. The normalized spacial score (nSPS) is 24.2. The Bertz CT molecular complexity index is 581. The van der Waals surface area contributed by atoms with Crippen molar-refractivity contribution in [3.05, 3.63) is 18.0 Å². The summed E-state index contributed by atoms with van der Waals surface area (Å²) in [5, 5.41) is 3.98. The van der Waals surface area contributed by atoms with Gasteiger partial charge in [-0.2, -0.15) is 5.10 Å². The molecule has 106 valence electrons. The molecule has 2 atom stereocenters. The smallest absolute Gasteiger partial charge is 0.244 e.